The fourth-order valence-electron chi connectivity index (χ4n) is 3.66. The molecule has 0 spiro atoms. The van der Waals surface area contributed by atoms with Crippen LogP contribution in [0, 0.1) is 6.92 Å². The quantitative estimate of drug-likeness (QED) is 0.662. The number of thiazole rings is 1. The largest absolute Gasteiger partial charge is 0.334 e. The van der Waals surface area contributed by atoms with Gasteiger partial charge < -0.3 is 10.2 Å². The predicted molar refractivity (Wildman–Crippen MR) is 121 cm³/mol. The highest BCUT2D eigenvalue weighted by Crippen LogP contribution is 2.31. The Morgan fingerprint density at radius 2 is 1.97 bits per heavy atom. The number of carbonyl (C=O) groups is 2. The van der Waals surface area contributed by atoms with Gasteiger partial charge >= 0.3 is 0 Å². The van der Waals surface area contributed by atoms with Crippen LogP contribution < -0.4 is 5.32 Å². The monoisotopic (exact) mass is 438 g/mol. The van der Waals surface area contributed by atoms with Crippen molar-refractivity contribution in [1.82, 2.24) is 24.6 Å². The van der Waals surface area contributed by atoms with Crippen LogP contribution in [0.15, 0.2) is 42.6 Å². The van der Waals surface area contributed by atoms with Gasteiger partial charge in [-0.25, -0.2) is 4.98 Å². The molecule has 2 aromatic heterocycles. The molecule has 162 valence electrons. The van der Waals surface area contributed by atoms with E-state index in [0.29, 0.717) is 31.1 Å². The third-order valence-corrected chi connectivity index (χ3v) is 6.45. The van der Waals surface area contributed by atoms with Gasteiger partial charge in [0.05, 0.1) is 9.88 Å². The lowest BCUT2D eigenvalue weighted by molar-refractivity contribution is -0.122. The van der Waals surface area contributed by atoms with E-state index >= 15 is 0 Å². The zero-order valence-corrected chi connectivity index (χ0v) is 18.7. The van der Waals surface area contributed by atoms with E-state index in [4.69, 9.17) is 0 Å². The van der Waals surface area contributed by atoms with Crippen molar-refractivity contribution in [2.75, 3.05) is 32.0 Å². The summed E-state index contributed by atoms with van der Waals surface area (Å²) in [6.45, 7) is 6.09. The Hall–Kier alpha value is -3.04. The van der Waals surface area contributed by atoms with Crippen molar-refractivity contribution in [2.24, 2.45) is 0 Å². The average Bonchev–Trinajstić information content (AvgIpc) is 3.40. The van der Waals surface area contributed by atoms with Crippen LogP contribution in [0.5, 0.6) is 0 Å². The van der Waals surface area contributed by atoms with E-state index in [1.54, 1.807) is 15.6 Å². The summed E-state index contributed by atoms with van der Waals surface area (Å²) in [5.41, 5.74) is 1.44. The molecular formula is C22H26N6O2S. The minimum atomic E-state index is -0.454. The van der Waals surface area contributed by atoms with E-state index in [0.717, 1.165) is 22.0 Å². The molecule has 0 aliphatic carbocycles. The Kier molecular flexibility index (Phi) is 6.15. The van der Waals surface area contributed by atoms with Gasteiger partial charge in [0.25, 0.3) is 5.91 Å². The summed E-state index contributed by atoms with van der Waals surface area (Å²) >= 11 is 1.51. The van der Waals surface area contributed by atoms with E-state index in [-0.39, 0.29) is 11.8 Å². The molecule has 0 bridgehead atoms. The summed E-state index contributed by atoms with van der Waals surface area (Å²) in [7, 11) is 1.90. The molecule has 0 unspecified atom stereocenters. The average molecular weight is 439 g/mol. The molecule has 0 radical (unpaired) electrons. The summed E-state index contributed by atoms with van der Waals surface area (Å²) in [4.78, 5) is 35.4. The van der Waals surface area contributed by atoms with Crippen molar-refractivity contribution < 1.29 is 9.59 Å². The molecule has 1 fully saturated rings. The third-order valence-electron chi connectivity index (χ3n) is 5.43. The SMILES string of the molecule is CCn1ccc(NC(=O)[C@H]2CN(C(=O)c3nc(C)sc3-c3ccccc3)CCN2C)n1. The van der Waals surface area contributed by atoms with Gasteiger partial charge in [-0.3, -0.25) is 19.2 Å². The van der Waals surface area contributed by atoms with E-state index in [1.807, 2.05) is 62.3 Å². The first-order valence-electron chi connectivity index (χ1n) is 10.3. The molecule has 31 heavy (non-hydrogen) atoms. The van der Waals surface area contributed by atoms with Crippen LogP contribution >= 0.6 is 11.3 Å². The Morgan fingerprint density at radius 1 is 1.19 bits per heavy atom. The van der Waals surface area contributed by atoms with Crippen LogP contribution in [0.1, 0.15) is 22.4 Å². The number of anilines is 1. The second-order valence-corrected chi connectivity index (χ2v) is 8.77. The summed E-state index contributed by atoms with van der Waals surface area (Å²) in [5.74, 6) is 0.216. The van der Waals surface area contributed by atoms with E-state index < -0.39 is 6.04 Å². The summed E-state index contributed by atoms with van der Waals surface area (Å²) < 4.78 is 1.76. The smallest absolute Gasteiger partial charge is 0.274 e. The first-order chi connectivity index (χ1) is 15.0. The summed E-state index contributed by atoms with van der Waals surface area (Å²) in [6, 6.07) is 11.1. The highest BCUT2D eigenvalue weighted by molar-refractivity contribution is 7.15. The molecule has 1 atom stereocenters. The first kappa shape index (κ1) is 21.2. The molecule has 2 amide bonds. The predicted octanol–water partition coefficient (Wildman–Crippen LogP) is 2.73. The molecule has 3 aromatic rings. The normalized spacial score (nSPS) is 17.0. The van der Waals surface area contributed by atoms with Crippen LogP contribution in [0.2, 0.25) is 0 Å². The standard InChI is InChI=1S/C22H26N6O2S/c1-4-28-11-10-18(25-28)24-21(29)17-14-27(13-12-26(17)3)22(30)19-20(31-15(2)23-19)16-8-6-5-7-9-16/h5-11,17H,4,12-14H2,1-3H3,(H,24,25,29)/t17-/m1/s1. The van der Waals surface area contributed by atoms with Crippen molar-refractivity contribution in [3.8, 4) is 10.4 Å². The van der Waals surface area contributed by atoms with Crippen molar-refractivity contribution >= 4 is 29.0 Å². The van der Waals surface area contributed by atoms with Gasteiger partial charge in [-0.2, -0.15) is 5.10 Å². The molecule has 1 aliphatic rings. The highest BCUT2D eigenvalue weighted by atomic mass is 32.1. The number of aryl methyl sites for hydroxylation is 2. The van der Waals surface area contributed by atoms with Crippen molar-refractivity contribution in [2.45, 2.75) is 26.4 Å². The minimum absolute atomic E-state index is 0.135. The summed E-state index contributed by atoms with van der Waals surface area (Å²) in [5, 5.41) is 8.03. The maximum atomic E-state index is 13.4. The molecule has 1 aromatic carbocycles. The van der Waals surface area contributed by atoms with Gasteiger partial charge in [-0.05, 0) is 26.5 Å². The number of aromatic nitrogens is 3. The molecule has 9 heteroatoms. The Labute approximate surface area is 185 Å². The van der Waals surface area contributed by atoms with Gasteiger partial charge in [0.1, 0.15) is 11.7 Å². The van der Waals surface area contributed by atoms with Gasteiger partial charge in [-0.1, -0.05) is 30.3 Å². The van der Waals surface area contributed by atoms with Gasteiger partial charge in [0.15, 0.2) is 5.82 Å². The molecular weight excluding hydrogens is 412 g/mol. The third kappa shape index (κ3) is 4.52. The Morgan fingerprint density at radius 3 is 2.68 bits per heavy atom. The van der Waals surface area contributed by atoms with Crippen molar-refractivity contribution in [3.05, 3.63) is 53.3 Å². The molecule has 4 rings (SSSR count). The molecule has 8 nitrogen and oxygen atoms in total. The highest BCUT2D eigenvalue weighted by Gasteiger charge is 2.34. The lowest BCUT2D eigenvalue weighted by atomic mass is 10.1. The van der Waals surface area contributed by atoms with Crippen LogP contribution in [-0.4, -0.2) is 69.1 Å². The summed E-state index contributed by atoms with van der Waals surface area (Å²) in [6.07, 6.45) is 1.83. The number of nitrogens with one attached hydrogen (secondary N) is 1. The maximum absolute atomic E-state index is 13.4. The second-order valence-electron chi connectivity index (χ2n) is 7.57. The number of likely N-dealkylation sites (N-methyl/N-ethyl adjacent to an activating group) is 1. The van der Waals surface area contributed by atoms with Crippen molar-refractivity contribution in [1.29, 1.82) is 0 Å². The second kappa shape index (κ2) is 8.99. The van der Waals surface area contributed by atoms with E-state index in [9.17, 15) is 9.59 Å². The zero-order valence-electron chi connectivity index (χ0n) is 17.9. The maximum Gasteiger partial charge on any atom is 0.274 e. The van der Waals surface area contributed by atoms with Gasteiger partial charge in [0.2, 0.25) is 5.91 Å². The van der Waals surface area contributed by atoms with Crippen LogP contribution in [-0.2, 0) is 11.3 Å². The van der Waals surface area contributed by atoms with Crippen LogP contribution in [0.25, 0.3) is 10.4 Å². The molecule has 0 saturated carbocycles. The zero-order chi connectivity index (χ0) is 22.0. The van der Waals surface area contributed by atoms with E-state index in [1.165, 1.54) is 11.3 Å². The Bertz CT molecular complexity index is 1080. The van der Waals surface area contributed by atoms with Crippen LogP contribution in [0.4, 0.5) is 5.82 Å². The lowest BCUT2D eigenvalue weighted by Gasteiger charge is -2.38. The minimum Gasteiger partial charge on any atom is -0.334 e. The molecule has 1 saturated heterocycles. The number of hydrogen-bond donors (Lipinski definition) is 1. The first-order valence-corrected chi connectivity index (χ1v) is 11.1. The topological polar surface area (TPSA) is 83.4 Å². The Balaban J connectivity index is 1.52. The lowest BCUT2D eigenvalue weighted by Crippen LogP contribution is -2.57. The van der Waals surface area contributed by atoms with E-state index in [2.05, 4.69) is 15.4 Å². The molecule has 1 N–H and O–H groups in total. The fraction of sp³-hybridized carbons (Fsp3) is 0.364. The van der Waals surface area contributed by atoms with Crippen molar-refractivity contribution in [3.63, 3.8) is 0 Å². The van der Waals surface area contributed by atoms with Gasteiger partial charge in [0, 0.05) is 38.4 Å². The van der Waals surface area contributed by atoms with Gasteiger partial charge in [-0.15, -0.1) is 11.3 Å². The molecule has 1 aliphatic heterocycles. The number of piperazine rings is 1. The number of rotatable bonds is 5. The number of benzene rings is 1. The van der Waals surface area contributed by atoms with Crippen LogP contribution in [0.3, 0.4) is 0 Å². The number of nitrogens with zero attached hydrogens (tertiary/aromatic N) is 5. The fourth-order valence-corrected chi connectivity index (χ4v) is 4.58. The number of carbonyl (C=O) groups excluding carboxylic acids is 2. The number of amides is 2. The number of hydrogen-bond acceptors (Lipinski definition) is 6. The molecule has 3 heterocycles.